The van der Waals surface area contributed by atoms with Crippen LogP contribution < -0.4 is 4.74 Å². The highest BCUT2D eigenvalue weighted by Crippen LogP contribution is 2.18. The van der Waals surface area contributed by atoms with Crippen molar-refractivity contribution in [3.8, 4) is 11.5 Å². The monoisotopic (exact) mass is 336 g/mol. The molecule has 1 rings (SSSR count). The van der Waals surface area contributed by atoms with Crippen LogP contribution in [0.4, 0.5) is 0 Å². The van der Waals surface area contributed by atoms with E-state index in [1.54, 1.807) is 24.3 Å². The van der Waals surface area contributed by atoms with Gasteiger partial charge in [-0.1, -0.05) is 83.6 Å². The van der Waals surface area contributed by atoms with Crippen LogP contribution in [-0.2, 0) is 0 Å². The molecule has 0 saturated carbocycles. The van der Waals surface area contributed by atoms with Gasteiger partial charge in [0.15, 0.2) is 0 Å². The lowest BCUT2D eigenvalue weighted by Gasteiger charge is -2.12. The Kier molecular flexibility index (Phi) is 12.3. The second-order valence-electron chi connectivity index (χ2n) is 6.79. The lowest BCUT2D eigenvalue weighted by molar-refractivity contribution is 0.0973. The molecule has 0 heterocycles. The molecule has 0 aliphatic heterocycles. The molecule has 0 saturated heterocycles. The minimum Gasteiger partial charge on any atom is -0.508 e. The van der Waals surface area contributed by atoms with Crippen LogP contribution in [-0.4, -0.2) is 22.9 Å². The first-order valence-corrected chi connectivity index (χ1v) is 9.82. The third kappa shape index (κ3) is 11.3. The highest BCUT2D eigenvalue weighted by molar-refractivity contribution is 5.31. The van der Waals surface area contributed by atoms with Gasteiger partial charge in [-0.3, -0.25) is 0 Å². The Hall–Kier alpha value is -1.22. The molecule has 0 aliphatic carbocycles. The maximum atomic E-state index is 9.94. The van der Waals surface area contributed by atoms with Crippen molar-refractivity contribution in [2.75, 3.05) is 6.61 Å². The van der Waals surface area contributed by atoms with E-state index in [9.17, 15) is 10.2 Å². The van der Waals surface area contributed by atoms with E-state index < -0.39 is 6.10 Å². The molecule has 1 unspecified atom stereocenters. The smallest absolute Gasteiger partial charge is 0.123 e. The predicted molar refractivity (Wildman–Crippen MR) is 101 cm³/mol. The lowest BCUT2D eigenvalue weighted by Crippen LogP contribution is -2.17. The normalized spacial score (nSPS) is 12.2. The summed E-state index contributed by atoms with van der Waals surface area (Å²) in [5.41, 5.74) is 0. The molecule has 3 heteroatoms. The van der Waals surface area contributed by atoms with Crippen LogP contribution in [0.5, 0.6) is 11.5 Å². The quantitative estimate of drug-likeness (QED) is 0.396. The molecule has 0 amide bonds. The van der Waals surface area contributed by atoms with Crippen LogP contribution in [0.25, 0.3) is 0 Å². The summed E-state index contributed by atoms with van der Waals surface area (Å²) in [6, 6.07) is 6.69. The van der Waals surface area contributed by atoms with Gasteiger partial charge in [0.2, 0.25) is 0 Å². The van der Waals surface area contributed by atoms with Gasteiger partial charge in [0, 0.05) is 6.07 Å². The van der Waals surface area contributed by atoms with Gasteiger partial charge >= 0.3 is 0 Å². The standard InChI is InChI=1S/C21H36O3/c1-2-3-4-5-6-7-8-9-10-11-12-14-20(23)18-24-21-16-13-15-19(22)17-21/h13,15-17,20,22-23H,2-12,14,18H2,1H3. The van der Waals surface area contributed by atoms with E-state index in [0.29, 0.717) is 12.4 Å². The van der Waals surface area contributed by atoms with Crippen molar-refractivity contribution in [2.45, 2.75) is 90.1 Å². The van der Waals surface area contributed by atoms with Crippen molar-refractivity contribution in [3.05, 3.63) is 24.3 Å². The van der Waals surface area contributed by atoms with E-state index in [1.807, 2.05) is 0 Å². The number of aromatic hydroxyl groups is 1. The number of phenols is 1. The molecule has 2 N–H and O–H groups in total. The summed E-state index contributed by atoms with van der Waals surface area (Å²) in [6.07, 6.45) is 14.9. The molecule has 24 heavy (non-hydrogen) atoms. The second-order valence-corrected chi connectivity index (χ2v) is 6.79. The Morgan fingerprint density at radius 1 is 0.875 bits per heavy atom. The van der Waals surface area contributed by atoms with Crippen molar-refractivity contribution in [1.82, 2.24) is 0 Å². The number of ether oxygens (including phenoxy) is 1. The molecule has 3 nitrogen and oxygen atoms in total. The summed E-state index contributed by atoms with van der Waals surface area (Å²) in [5.74, 6) is 0.792. The van der Waals surface area contributed by atoms with Crippen LogP contribution >= 0.6 is 0 Å². The van der Waals surface area contributed by atoms with Gasteiger partial charge in [0.25, 0.3) is 0 Å². The van der Waals surface area contributed by atoms with E-state index in [0.717, 1.165) is 12.8 Å². The fourth-order valence-corrected chi connectivity index (χ4v) is 2.89. The zero-order chi connectivity index (χ0) is 17.5. The summed E-state index contributed by atoms with van der Waals surface area (Å²) in [5, 5.41) is 19.3. The van der Waals surface area contributed by atoms with Crippen LogP contribution in [0.15, 0.2) is 24.3 Å². The maximum Gasteiger partial charge on any atom is 0.123 e. The van der Waals surface area contributed by atoms with Crippen LogP contribution in [0, 0.1) is 0 Å². The van der Waals surface area contributed by atoms with E-state index in [4.69, 9.17) is 4.74 Å². The van der Waals surface area contributed by atoms with E-state index >= 15 is 0 Å². The number of phenolic OH excluding ortho intramolecular Hbond substituents is 1. The molecule has 0 bridgehead atoms. The topological polar surface area (TPSA) is 49.7 Å². The number of benzene rings is 1. The third-order valence-corrected chi connectivity index (χ3v) is 4.40. The molecule has 0 fully saturated rings. The molecule has 0 spiro atoms. The molecule has 0 aliphatic rings. The average molecular weight is 337 g/mol. The van der Waals surface area contributed by atoms with Crippen LogP contribution in [0.3, 0.4) is 0 Å². The van der Waals surface area contributed by atoms with Gasteiger partial charge in [-0.15, -0.1) is 0 Å². The maximum absolute atomic E-state index is 9.94. The van der Waals surface area contributed by atoms with E-state index in [2.05, 4.69) is 6.92 Å². The predicted octanol–water partition coefficient (Wildman–Crippen LogP) is 5.83. The van der Waals surface area contributed by atoms with Crippen molar-refractivity contribution in [1.29, 1.82) is 0 Å². The summed E-state index contributed by atoms with van der Waals surface area (Å²) >= 11 is 0. The molecular formula is C21H36O3. The Morgan fingerprint density at radius 2 is 1.46 bits per heavy atom. The molecule has 1 aromatic rings. The minimum absolute atomic E-state index is 0.187. The van der Waals surface area contributed by atoms with Crippen molar-refractivity contribution < 1.29 is 14.9 Å². The molecule has 0 aromatic heterocycles. The van der Waals surface area contributed by atoms with Gasteiger partial charge in [-0.2, -0.15) is 0 Å². The fraction of sp³-hybridized carbons (Fsp3) is 0.714. The first-order chi connectivity index (χ1) is 11.7. The van der Waals surface area contributed by atoms with E-state index in [-0.39, 0.29) is 5.75 Å². The Bertz CT molecular complexity index is 406. The second kappa shape index (κ2) is 14.2. The van der Waals surface area contributed by atoms with Crippen molar-refractivity contribution in [3.63, 3.8) is 0 Å². The summed E-state index contributed by atoms with van der Waals surface area (Å²) in [7, 11) is 0. The van der Waals surface area contributed by atoms with E-state index in [1.165, 1.54) is 64.2 Å². The zero-order valence-corrected chi connectivity index (χ0v) is 15.4. The molecule has 1 atom stereocenters. The van der Waals surface area contributed by atoms with Gasteiger partial charge in [-0.05, 0) is 18.6 Å². The number of rotatable bonds is 15. The van der Waals surface area contributed by atoms with Gasteiger partial charge in [-0.25, -0.2) is 0 Å². The Labute approximate surface area is 148 Å². The minimum atomic E-state index is -0.425. The largest absolute Gasteiger partial charge is 0.508 e. The van der Waals surface area contributed by atoms with Gasteiger partial charge in [0.05, 0.1) is 6.10 Å². The number of aliphatic hydroxyl groups excluding tert-OH is 1. The lowest BCUT2D eigenvalue weighted by atomic mass is 10.0. The fourth-order valence-electron chi connectivity index (χ4n) is 2.89. The van der Waals surface area contributed by atoms with Gasteiger partial charge < -0.3 is 14.9 Å². The molecular weight excluding hydrogens is 300 g/mol. The first kappa shape index (κ1) is 20.8. The van der Waals surface area contributed by atoms with Crippen LogP contribution in [0.1, 0.15) is 84.0 Å². The number of unbranched alkanes of at least 4 members (excludes halogenated alkanes) is 10. The van der Waals surface area contributed by atoms with Crippen LogP contribution in [0.2, 0.25) is 0 Å². The molecule has 0 radical (unpaired) electrons. The number of aliphatic hydroxyl groups is 1. The average Bonchev–Trinajstić information content (AvgIpc) is 2.58. The zero-order valence-electron chi connectivity index (χ0n) is 15.4. The highest BCUT2D eigenvalue weighted by atomic mass is 16.5. The highest BCUT2D eigenvalue weighted by Gasteiger charge is 2.05. The van der Waals surface area contributed by atoms with Crippen molar-refractivity contribution >= 4 is 0 Å². The Morgan fingerprint density at radius 3 is 2.04 bits per heavy atom. The first-order valence-electron chi connectivity index (χ1n) is 9.82. The number of hydrogen-bond donors (Lipinski definition) is 2. The summed E-state index contributed by atoms with van der Waals surface area (Å²) < 4.78 is 5.49. The van der Waals surface area contributed by atoms with Crippen molar-refractivity contribution in [2.24, 2.45) is 0 Å². The third-order valence-electron chi connectivity index (χ3n) is 4.40. The number of hydrogen-bond acceptors (Lipinski definition) is 3. The summed E-state index contributed by atoms with van der Waals surface area (Å²) in [4.78, 5) is 0. The summed E-state index contributed by atoms with van der Waals surface area (Å²) in [6.45, 7) is 2.55. The Balaban J connectivity index is 1.88. The molecule has 1 aromatic carbocycles. The van der Waals surface area contributed by atoms with Gasteiger partial charge in [0.1, 0.15) is 18.1 Å². The molecule has 138 valence electrons. The SMILES string of the molecule is CCCCCCCCCCCCCC(O)COc1cccc(O)c1.